The first-order valence-electron chi connectivity index (χ1n) is 9.73. The summed E-state index contributed by atoms with van der Waals surface area (Å²) in [5.74, 6) is 1.78. The zero-order valence-electron chi connectivity index (χ0n) is 15.7. The summed E-state index contributed by atoms with van der Waals surface area (Å²) in [7, 11) is 3.92. The van der Waals surface area contributed by atoms with E-state index in [1.165, 1.54) is 54.1 Å². The Morgan fingerprint density at radius 2 is 2.20 bits per heavy atom. The average Bonchev–Trinajstić information content (AvgIpc) is 3.35. The van der Waals surface area contributed by atoms with Crippen molar-refractivity contribution in [2.24, 2.45) is 10.9 Å². The van der Waals surface area contributed by atoms with Gasteiger partial charge in [0, 0.05) is 45.1 Å². The average molecular weight is 365 g/mol. The molecule has 3 rings (SSSR count). The summed E-state index contributed by atoms with van der Waals surface area (Å²) >= 11 is 1.93. The van der Waals surface area contributed by atoms with Gasteiger partial charge in [0.2, 0.25) is 0 Å². The van der Waals surface area contributed by atoms with Gasteiger partial charge in [0.05, 0.1) is 17.3 Å². The lowest BCUT2D eigenvalue weighted by molar-refractivity contribution is 0.115. The molecule has 0 amide bonds. The van der Waals surface area contributed by atoms with E-state index in [1.54, 1.807) is 0 Å². The van der Waals surface area contributed by atoms with E-state index in [0.29, 0.717) is 0 Å². The van der Waals surface area contributed by atoms with Crippen LogP contribution in [-0.4, -0.2) is 56.2 Å². The molecule has 1 aromatic heterocycles. The molecular weight excluding hydrogens is 332 g/mol. The molecule has 1 saturated carbocycles. The molecule has 0 unspecified atom stereocenters. The number of thiazole rings is 1. The van der Waals surface area contributed by atoms with E-state index in [9.17, 15) is 0 Å². The van der Waals surface area contributed by atoms with Crippen molar-refractivity contribution in [3.63, 3.8) is 0 Å². The van der Waals surface area contributed by atoms with Crippen LogP contribution >= 0.6 is 11.3 Å². The highest BCUT2D eigenvalue weighted by Crippen LogP contribution is 2.28. The van der Waals surface area contributed by atoms with Crippen molar-refractivity contribution < 1.29 is 4.74 Å². The Labute approximate surface area is 155 Å². The maximum Gasteiger partial charge on any atom is 0.193 e. The number of aromatic nitrogens is 1. The normalized spacial score (nSPS) is 17.4. The maximum absolute atomic E-state index is 5.71. The molecule has 0 aromatic carbocycles. The van der Waals surface area contributed by atoms with Crippen molar-refractivity contribution in [1.82, 2.24) is 15.2 Å². The molecule has 1 N–H and O–H groups in total. The van der Waals surface area contributed by atoms with Crippen LogP contribution in [0.3, 0.4) is 0 Å². The number of guanidine groups is 1. The van der Waals surface area contributed by atoms with Crippen LogP contribution in [0, 0.1) is 5.92 Å². The summed E-state index contributed by atoms with van der Waals surface area (Å²) in [6, 6.07) is 0. The second-order valence-corrected chi connectivity index (χ2v) is 8.37. The van der Waals surface area contributed by atoms with E-state index in [-0.39, 0.29) is 0 Å². The molecule has 2 aliphatic carbocycles. The molecule has 6 heteroatoms. The fourth-order valence-electron chi connectivity index (χ4n) is 3.18. The van der Waals surface area contributed by atoms with E-state index < -0.39 is 0 Å². The molecule has 0 atom stereocenters. The van der Waals surface area contributed by atoms with Crippen LogP contribution in [0.1, 0.15) is 47.7 Å². The van der Waals surface area contributed by atoms with Crippen LogP contribution in [0.15, 0.2) is 4.99 Å². The topological polar surface area (TPSA) is 49.8 Å². The molecule has 1 heterocycles. The summed E-state index contributed by atoms with van der Waals surface area (Å²) in [6.45, 7) is 3.52. The lowest BCUT2D eigenvalue weighted by Gasteiger charge is -2.22. The Balaban J connectivity index is 1.31. The lowest BCUT2D eigenvalue weighted by atomic mass is 10.0. The zero-order chi connectivity index (χ0) is 17.5. The van der Waals surface area contributed by atoms with Crippen molar-refractivity contribution in [1.29, 1.82) is 0 Å². The van der Waals surface area contributed by atoms with Crippen molar-refractivity contribution in [2.45, 2.75) is 51.4 Å². The highest BCUT2D eigenvalue weighted by molar-refractivity contribution is 7.11. The summed E-state index contributed by atoms with van der Waals surface area (Å²) in [5, 5.41) is 4.77. The molecule has 0 spiro atoms. The number of aliphatic imine (C=N–C) groups is 1. The molecular formula is C19H32N4OS. The highest BCUT2D eigenvalue weighted by Gasteiger charge is 2.21. The predicted molar refractivity (Wildman–Crippen MR) is 105 cm³/mol. The van der Waals surface area contributed by atoms with Gasteiger partial charge in [0.15, 0.2) is 5.96 Å². The van der Waals surface area contributed by atoms with E-state index >= 15 is 0 Å². The second-order valence-electron chi connectivity index (χ2n) is 7.20. The van der Waals surface area contributed by atoms with Crippen molar-refractivity contribution in [3.05, 3.63) is 15.6 Å². The van der Waals surface area contributed by atoms with Gasteiger partial charge in [-0.3, -0.25) is 4.99 Å². The van der Waals surface area contributed by atoms with Gasteiger partial charge in [0.25, 0.3) is 0 Å². The third kappa shape index (κ3) is 5.96. The summed E-state index contributed by atoms with van der Waals surface area (Å²) in [5.41, 5.74) is 1.38. The third-order valence-electron chi connectivity index (χ3n) is 4.94. The second kappa shape index (κ2) is 9.53. The van der Waals surface area contributed by atoms with E-state index in [4.69, 9.17) is 9.72 Å². The van der Waals surface area contributed by atoms with E-state index in [1.807, 2.05) is 18.4 Å². The summed E-state index contributed by atoms with van der Waals surface area (Å²) < 4.78 is 5.71. The Bertz CT molecular complexity index is 544. The first kappa shape index (κ1) is 18.6. The van der Waals surface area contributed by atoms with E-state index in [2.05, 4.69) is 22.3 Å². The number of ether oxygens (including phenoxy) is 1. The number of nitrogens with one attached hydrogen (secondary N) is 1. The molecule has 0 aliphatic heterocycles. The first-order chi connectivity index (χ1) is 12.3. The molecule has 0 radical (unpaired) electrons. The number of nitrogens with zero attached hydrogens (tertiary/aromatic N) is 3. The van der Waals surface area contributed by atoms with Crippen LogP contribution < -0.4 is 5.32 Å². The molecule has 140 valence electrons. The molecule has 1 aromatic rings. The van der Waals surface area contributed by atoms with Crippen LogP contribution in [0.2, 0.25) is 0 Å². The van der Waals surface area contributed by atoms with Crippen molar-refractivity contribution >= 4 is 17.3 Å². The largest absolute Gasteiger partial charge is 0.379 e. The van der Waals surface area contributed by atoms with Crippen molar-refractivity contribution in [3.8, 4) is 0 Å². The molecule has 0 bridgehead atoms. The van der Waals surface area contributed by atoms with Gasteiger partial charge in [-0.15, -0.1) is 11.3 Å². The van der Waals surface area contributed by atoms with Crippen LogP contribution in [-0.2, 0) is 24.0 Å². The van der Waals surface area contributed by atoms with Crippen LogP contribution in [0.4, 0.5) is 0 Å². The molecule has 0 saturated heterocycles. The number of likely N-dealkylation sites (N-methyl/N-ethyl adjacent to an activating group) is 1. The quantitative estimate of drug-likeness (QED) is 0.416. The summed E-state index contributed by atoms with van der Waals surface area (Å²) in [4.78, 5) is 12.9. The Hall–Kier alpha value is -1.14. The van der Waals surface area contributed by atoms with Gasteiger partial charge < -0.3 is 15.0 Å². The number of aryl methyl sites for hydroxylation is 3. The van der Waals surface area contributed by atoms with Crippen LogP contribution in [0.25, 0.3) is 0 Å². The third-order valence-corrected chi connectivity index (χ3v) is 6.15. The monoisotopic (exact) mass is 364 g/mol. The van der Waals surface area contributed by atoms with Gasteiger partial charge in [-0.05, 0) is 50.9 Å². The predicted octanol–water partition coefficient (Wildman–Crippen LogP) is 2.89. The number of hydrogen-bond acceptors (Lipinski definition) is 4. The Kier molecular flexibility index (Phi) is 7.11. The minimum atomic E-state index is 0.776. The van der Waals surface area contributed by atoms with Crippen molar-refractivity contribution in [2.75, 3.05) is 40.4 Å². The molecule has 5 nitrogen and oxygen atoms in total. The fourth-order valence-corrected chi connectivity index (χ4v) is 4.38. The molecule has 25 heavy (non-hydrogen) atoms. The lowest BCUT2D eigenvalue weighted by Crippen LogP contribution is -2.41. The number of fused-ring (bicyclic) bond motifs is 1. The van der Waals surface area contributed by atoms with Gasteiger partial charge >= 0.3 is 0 Å². The molecule has 1 fully saturated rings. The van der Waals surface area contributed by atoms with Gasteiger partial charge in [-0.2, -0.15) is 0 Å². The fraction of sp³-hybridized carbons (Fsp3) is 0.789. The molecule has 2 aliphatic rings. The minimum absolute atomic E-state index is 0.776. The van der Waals surface area contributed by atoms with Crippen LogP contribution in [0.5, 0.6) is 0 Å². The smallest absolute Gasteiger partial charge is 0.193 e. The van der Waals surface area contributed by atoms with E-state index in [0.717, 1.165) is 51.0 Å². The van der Waals surface area contributed by atoms with Gasteiger partial charge in [-0.25, -0.2) is 4.98 Å². The summed E-state index contributed by atoms with van der Waals surface area (Å²) in [6.07, 6.45) is 9.93. The Morgan fingerprint density at radius 3 is 2.96 bits per heavy atom. The Morgan fingerprint density at radius 1 is 1.36 bits per heavy atom. The SMILES string of the molecule is CN=C(NCCCc1nc2c(s1)CCCC2)N(C)CCOCC1CC1. The highest BCUT2D eigenvalue weighted by atomic mass is 32.1. The number of hydrogen-bond donors (Lipinski definition) is 1. The zero-order valence-corrected chi connectivity index (χ0v) is 16.5. The maximum atomic E-state index is 5.71. The number of rotatable bonds is 9. The van der Waals surface area contributed by atoms with Gasteiger partial charge in [0.1, 0.15) is 0 Å². The van der Waals surface area contributed by atoms with Gasteiger partial charge in [-0.1, -0.05) is 0 Å². The first-order valence-corrected chi connectivity index (χ1v) is 10.5. The minimum Gasteiger partial charge on any atom is -0.379 e. The standard InChI is InChI=1S/C19H32N4OS/c1-20-19(23(2)12-13-24-14-15-9-10-15)21-11-5-8-18-22-16-6-3-4-7-17(16)25-18/h15H,3-14H2,1-2H3,(H,20,21).